The van der Waals surface area contributed by atoms with Gasteiger partial charge >= 0.3 is 0 Å². The lowest BCUT2D eigenvalue weighted by Crippen LogP contribution is -2.06. The lowest BCUT2D eigenvalue weighted by molar-refractivity contribution is 0.586. The monoisotopic (exact) mass is 327 g/mol. The molecule has 1 heterocycles. The zero-order valence-corrected chi connectivity index (χ0v) is 12.8. The van der Waals surface area contributed by atoms with Crippen molar-refractivity contribution in [3.8, 4) is 0 Å². The molecule has 0 saturated carbocycles. The van der Waals surface area contributed by atoms with Crippen LogP contribution in [0.15, 0.2) is 48.8 Å². The van der Waals surface area contributed by atoms with Crippen LogP contribution in [0, 0.1) is 18.6 Å². The largest absolute Gasteiger partial charge is 0.393 e. The Morgan fingerprint density at radius 1 is 0.917 bits per heavy atom. The van der Waals surface area contributed by atoms with E-state index in [9.17, 15) is 8.78 Å². The first-order valence-electron chi connectivity index (χ1n) is 7.20. The molecule has 2 aromatic carbocycles. The van der Waals surface area contributed by atoms with Gasteiger partial charge in [-0.1, -0.05) is 18.2 Å². The number of nitrogens with zero attached hydrogens (tertiary/aromatic N) is 2. The highest BCUT2D eigenvalue weighted by atomic mass is 19.1. The smallest absolute Gasteiger partial charge is 0.159 e. The van der Waals surface area contributed by atoms with Crippen LogP contribution in [0.4, 0.5) is 37.5 Å². The third-order valence-electron chi connectivity index (χ3n) is 3.47. The molecule has 0 bridgehead atoms. The Balaban J connectivity index is 1.89. The fourth-order valence-corrected chi connectivity index (χ4v) is 2.15. The molecule has 0 radical (unpaired) electrons. The summed E-state index contributed by atoms with van der Waals surface area (Å²) in [6, 6.07) is 10.9. The number of nitrogens with one attached hydrogen (secondary N) is 2. The Morgan fingerprint density at radius 2 is 1.58 bits per heavy atom. The maximum absolute atomic E-state index is 13.8. The molecule has 0 amide bonds. The van der Waals surface area contributed by atoms with Crippen molar-refractivity contribution in [1.29, 1.82) is 0 Å². The molecule has 3 rings (SSSR count). The van der Waals surface area contributed by atoms with Gasteiger partial charge in [0.15, 0.2) is 11.6 Å². The number of aromatic nitrogens is 2. The Bertz CT molecular complexity index is 883. The predicted octanol–water partition coefficient (Wildman–Crippen LogP) is 4.13. The molecule has 122 valence electrons. The molecule has 24 heavy (non-hydrogen) atoms. The summed E-state index contributed by atoms with van der Waals surface area (Å²) in [5.41, 5.74) is 8.23. The van der Waals surface area contributed by atoms with Gasteiger partial charge in [0.1, 0.15) is 23.6 Å². The van der Waals surface area contributed by atoms with E-state index in [1.165, 1.54) is 12.4 Å². The van der Waals surface area contributed by atoms with Gasteiger partial charge in [-0.05, 0) is 30.7 Å². The number of rotatable bonds is 4. The minimum atomic E-state index is -0.735. The van der Waals surface area contributed by atoms with E-state index >= 15 is 0 Å². The minimum Gasteiger partial charge on any atom is -0.393 e. The van der Waals surface area contributed by atoms with Gasteiger partial charge in [-0.2, -0.15) is 0 Å². The summed E-state index contributed by atoms with van der Waals surface area (Å²) in [5.74, 6) is -0.770. The first-order valence-corrected chi connectivity index (χ1v) is 7.20. The highest BCUT2D eigenvalue weighted by molar-refractivity contribution is 5.80. The summed E-state index contributed by atoms with van der Waals surface area (Å²) in [7, 11) is 0. The van der Waals surface area contributed by atoms with Gasteiger partial charge < -0.3 is 16.4 Å². The number of anilines is 5. The highest BCUT2D eigenvalue weighted by Crippen LogP contribution is 2.29. The van der Waals surface area contributed by atoms with Gasteiger partial charge in [-0.25, -0.2) is 18.7 Å². The van der Waals surface area contributed by atoms with Crippen molar-refractivity contribution in [3.63, 3.8) is 0 Å². The molecule has 5 nitrogen and oxygen atoms in total. The number of halogens is 2. The van der Waals surface area contributed by atoms with Crippen LogP contribution >= 0.6 is 0 Å². The first kappa shape index (κ1) is 15.7. The van der Waals surface area contributed by atoms with Crippen molar-refractivity contribution in [2.75, 3.05) is 16.4 Å². The Labute approximate surface area is 137 Å². The second-order valence-corrected chi connectivity index (χ2v) is 5.17. The van der Waals surface area contributed by atoms with E-state index in [0.717, 1.165) is 23.4 Å². The quantitative estimate of drug-likeness (QED) is 0.671. The van der Waals surface area contributed by atoms with Crippen molar-refractivity contribution < 1.29 is 8.78 Å². The SMILES string of the molecule is Cc1ccccc1Nc1ncnc(Nc2ccc(F)cc2F)c1N. The van der Waals surface area contributed by atoms with E-state index in [1.807, 2.05) is 31.2 Å². The molecule has 1 aromatic heterocycles. The number of nitrogens with two attached hydrogens (primary N) is 1. The van der Waals surface area contributed by atoms with Gasteiger partial charge in [0.05, 0.1) is 5.69 Å². The molecule has 0 spiro atoms. The van der Waals surface area contributed by atoms with Crippen molar-refractivity contribution in [1.82, 2.24) is 9.97 Å². The van der Waals surface area contributed by atoms with Crippen molar-refractivity contribution in [2.24, 2.45) is 0 Å². The molecular weight excluding hydrogens is 312 g/mol. The zero-order valence-electron chi connectivity index (χ0n) is 12.8. The van der Waals surface area contributed by atoms with Crippen LogP contribution in [-0.2, 0) is 0 Å². The Morgan fingerprint density at radius 3 is 2.25 bits per heavy atom. The molecule has 0 atom stereocenters. The molecule has 0 aliphatic rings. The summed E-state index contributed by atoms with van der Waals surface area (Å²) in [5, 5.41) is 5.87. The normalized spacial score (nSPS) is 10.5. The predicted molar refractivity (Wildman–Crippen MR) is 90.5 cm³/mol. The summed E-state index contributed by atoms with van der Waals surface area (Å²) < 4.78 is 26.7. The van der Waals surface area contributed by atoms with Gasteiger partial charge in [0, 0.05) is 11.8 Å². The van der Waals surface area contributed by atoms with Crippen molar-refractivity contribution >= 4 is 28.7 Å². The fourth-order valence-electron chi connectivity index (χ4n) is 2.15. The number of hydrogen-bond donors (Lipinski definition) is 3. The topological polar surface area (TPSA) is 75.9 Å². The summed E-state index contributed by atoms with van der Waals surface area (Å²) in [6.45, 7) is 1.95. The van der Waals surface area contributed by atoms with Gasteiger partial charge in [0.2, 0.25) is 0 Å². The van der Waals surface area contributed by atoms with Crippen LogP contribution in [0.2, 0.25) is 0 Å². The molecule has 0 aliphatic heterocycles. The fraction of sp³-hybridized carbons (Fsp3) is 0.0588. The van der Waals surface area contributed by atoms with E-state index in [1.54, 1.807) is 0 Å². The molecule has 4 N–H and O–H groups in total. The Kier molecular flexibility index (Phi) is 4.24. The summed E-state index contributed by atoms with van der Waals surface area (Å²) in [4.78, 5) is 8.13. The van der Waals surface area contributed by atoms with Gasteiger partial charge in [0.25, 0.3) is 0 Å². The third kappa shape index (κ3) is 3.24. The van der Waals surface area contributed by atoms with E-state index in [4.69, 9.17) is 5.73 Å². The van der Waals surface area contributed by atoms with E-state index < -0.39 is 11.6 Å². The van der Waals surface area contributed by atoms with E-state index in [2.05, 4.69) is 20.6 Å². The number of benzene rings is 2. The van der Waals surface area contributed by atoms with Crippen molar-refractivity contribution in [2.45, 2.75) is 6.92 Å². The number of nitrogen functional groups attached to an aromatic ring is 1. The molecule has 7 heteroatoms. The van der Waals surface area contributed by atoms with Crippen LogP contribution < -0.4 is 16.4 Å². The van der Waals surface area contributed by atoms with Gasteiger partial charge in [-0.3, -0.25) is 0 Å². The highest BCUT2D eigenvalue weighted by Gasteiger charge is 2.11. The number of aryl methyl sites for hydroxylation is 1. The van der Waals surface area contributed by atoms with E-state index in [-0.39, 0.29) is 17.2 Å². The van der Waals surface area contributed by atoms with Gasteiger partial charge in [-0.15, -0.1) is 0 Å². The zero-order chi connectivity index (χ0) is 17.1. The lowest BCUT2D eigenvalue weighted by Gasteiger charge is -2.14. The number of para-hydroxylation sites is 1. The molecule has 0 aliphatic carbocycles. The van der Waals surface area contributed by atoms with Crippen LogP contribution in [0.25, 0.3) is 0 Å². The van der Waals surface area contributed by atoms with E-state index in [0.29, 0.717) is 5.82 Å². The molecule has 3 aromatic rings. The summed E-state index contributed by atoms with van der Waals surface area (Å²) in [6.07, 6.45) is 1.31. The third-order valence-corrected chi connectivity index (χ3v) is 3.47. The van der Waals surface area contributed by atoms with Crippen LogP contribution in [0.3, 0.4) is 0 Å². The number of hydrogen-bond acceptors (Lipinski definition) is 5. The van der Waals surface area contributed by atoms with Crippen LogP contribution in [-0.4, -0.2) is 9.97 Å². The van der Waals surface area contributed by atoms with Crippen molar-refractivity contribution in [3.05, 3.63) is 66.0 Å². The standard InChI is InChI=1S/C17H15F2N5/c1-10-4-2-3-5-13(10)23-16-15(20)17(22-9-21-16)24-14-7-6-11(18)8-12(14)19/h2-9H,20H2,1H3,(H2,21,22,23,24). The molecule has 0 unspecified atom stereocenters. The Hall–Kier alpha value is -3.22. The second-order valence-electron chi connectivity index (χ2n) is 5.17. The summed E-state index contributed by atoms with van der Waals surface area (Å²) >= 11 is 0. The lowest BCUT2D eigenvalue weighted by atomic mass is 10.2. The maximum Gasteiger partial charge on any atom is 0.159 e. The average molecular weight is 327 g/mol. The molecule has 0 saturated heterocycles. The second kappa shape index (κ2) is 6.49. The molecular formula is C17H15F2N5. The average Bonchev–Trinajstić information content (AvgIpc) is 2.55. The minimum absolute atomic E-state index is 0.0728. The molecule has 0 fully saturated rings. The maximum atomic E-state index is 13.8. The first-order chi connectivity index (χ1) is 11.5. The van der Waals surface area contributed by atoms with Crippen LogP contribution in [0.5, 0.6) is 0 Å². The van der Waals surface area contributed by atoms with Crippen LogP contribution in [0.1, 0.15) is 5.56 Å².